The molecule has 126 valence electrons. The Bertz CT molecular complexity index is 1130. The standard InChI is InChI=1S/C23H18N2O/c1-16-12-20-4-2-3-5-22(20)25(16)15-17-6-8-18(9-7-17)19-10-11-23(26)21(13-19)14-24/h2-13,26H,15H2,1H3. The van der Waals surface area contributed by atoms with Crippen LogP contribution in [0.2, 0.25) is 0 Å². The van der Waals surface area contributed by atoms with E-state index in [1.165, 1.54) is 22.2 Å². The molecule has 0 amide bonds. The van der Waals surface area contributed by atoms with E-state index in [0.29, 0.717) is 5.56 Å². The summed E-state index contributed by atoms with van der Waals surface area (Å²) in [6, 6.07) is 26.1. The van der Waals surface area contributed by atoms with Crippen molar-refractivity contribution >= 4 is 10.9 Å². The number of phenolic OH excluding ortho intramolecular Hbond substituents is 1. The number of nitriles is 1. The molecule has 0 atom stereocenters. The van der Waals surface area contributed by atoms with Crippen LogP contribution >= 0.6 is 0 Å². The predicted molar refractivity (Wildman–Crippen MR) is 104 cm³/mol. The van der Waals surface area contributed by atoms with E-state index in [9.17, 15) is 5.11 Å². The van der Waals surface area contributed by atoms with Crippen molar-refractivity contribution in [2.75, 3.05) is 0 Å². The van der Waals surface area contributed by atoms with Gasteiger partial charge in [0.1, 0.15) is 11.8 Å². The lowest BCUT2D eigenvalue weighted by atomic mass is 10.0. The molecule has 4 aromatic rings. The molecule has 1 heterocycles. The van der Waals surface area contributed by atoms with Gasteiger partial charge in [0.15, 0.2) is 0 Å². The molecule has 0 saturated heterocycles. The van der Waals surface area contributed by atoms with Crippen molar-refractivity contribution in [2.45, 2.75) is 13.5 Å². The Balaban J connectivity index is 1.64. The van der Waals surface area contributed by atoms with Crippen molar-refractivity contribution in [2.24, 2.45) is 0 Å². The second-order valence-corrected chi connectivity index (χ2v) is 6.47. The van der Waals surface area contributed by atoms with Crippen LogP contribution in [0.3, 0.4) is 0 Å². The molecule has 0 spiro atoms. The van der Waals surface area contributed by atoms with E-state index >= 15 is 0 Å². The maximum atomic E-state index is 9.66. The number of rotatable bonds is 3. The first kappa shape index (κ1) is 16.0. The van der Waals surface area contributed by atoms with Crippen molar-refractivity contribution in [3.63, 3.8) is 0 Å². The fraction of sp³-hybridized carbons (Fsp3) is 0.0870. The third kappa shape index (κ3) is 2.82. The second kappa shape index (κ2) is 6.42. The molecule has 0 fully saturated rings. The van der Waals surface area contributed by atoms with Crippen LogP contribution in [-0.4, -0.2) is 9.67 Å². The summed E-state index contributed by atoms with van der Waals surface area (Å²) in [5.74, 6) is 0.0165. The highest BCUT2D eigenvalue weighted by Gasteiger charge is 2.07. The van der Waals surface area contributed by atoms with Crippen LogP contribution in [0, 0.1) is 18.3 Å². The van der Waals surface area contributed by atoms with Crippen molar-refractivity contribution in [3.8, 4) is 22.9 Å². The highest BCUT2D eigenvalue weighted by Crippen LogP contribution is 2.26. The number of nitrogens with zero attached hydrogens (tertiary/aromatic N) is 2. The summed E-state index contributed by atoms with van der Waals surface area (Å²) in [7, 11) is 0. The molecule has 0 aliphatic rings. The minimum absolute atomic E-state index is 0.0165. The van der Waals surface area contributed by atoms with Gasteiger partial charge in [0.05, 0.1) is 5.56 Å². The lowest BCUT2D eigenvalue weighted by molar-refractivity contribution is 0.473. The average Bonchev–Trinajstić information content (AvgIpc) is 2.98. The van der Waals surface area contributed by atoms with E-state index in [0.717, 1.165) is 17.7 Å². The molecule has 0 saturated carbocycles. The number of benzene rings is 3. The number of fused-ring (bicyclic) bond motifs is 1. The molecule has 0 aliphatic heterocycles. The third-order valence-corrected chi connectivity index (χ3v) is 4.76. The Hall–Kier alpha value is -3.51. The van der Waals surface area contributed by atoms with Crippen molar-refractivity contribution < 1.29 is 5.11 Å². The number of hydrogen-bond acceptors (Lipinski definition) is 2. The quantitative estimate of drug-likeness (QED) is 0.555. The Morgan fingerprint density at radius 3 is 2.42 bits per heavy atom. The maximum absolute atomic E-state index is 9.66. The van der Waals surface area contributed by atoms with Crippen LogP contribution in [0.5, 0.6) is 5.75 Å². The number of phenols is 1. The molecule has 1 N–H and O–H groups in total. The van der Waals surface area contributed by atoms with E-state index in [1.807, 2.05) is 12.1 Å². The van der Waals surface area contributed by atoms with Gasteiger partial charge < -0.3 is 9.67 Å². The molecule has 0 aliphatic carbocycles. The van der Waals surface area contributed by atoms with Crippen LogP contribution in [0.1, 0.15) is 16.8 Å². The molecule has 26 heavy (non-hydrogen) atoms. The summed E-state index contributed by atoms with van der Waals surface area (Å²) in [4.78, 5) is 0. The van der Waals surface area contributed by atoms with Gasteiger partial charge in [-0.2, -0.15) is 5.26 Å². The lowest BCUT2D eigenvalue weighted by Crippen LogP contribution is -2.01. The Kier molecular flexibility index (Phi) is 3.95. The zero-order valence-corrected chi connectivity index (χ0v) is 14.5. The number of aromatic nitrogens is 1. The summed E-state index contributed by atoms with van der Waals surface area (Å²) in [6.45, 7) is 2.95. The van der Waals surface area contributed by atoms with Gasteiger partial charge in [0, 0.05) is 17.8 Å². The monoisotopic (exact) mass is 338 g/mol. The minimum Gasteiger partial charge on any atom is -0.507 e. The first-order valence-corrected chi connectivity index (χ1v) is 8.53. The van der Waals surface area contributed by atoms with Crippen molar-refractivity contribution in [1.82, 2.24) is 4.57 Å². The van der Waals surface area contributed by atoms with Crippen LogP contribution in [0.4, 0.5) is 0 Å². The zero-order valence-electron chi connectivity index (χ0n) is 14.5. The van der Waals surface area contributed by atoms with Crippen molar-refractivity contribution in [1.29, 1.82) is 5.26 Å². The SMILES string of the molecule is Cc1cc2ccccc2n1Cc1ccc(-c2ccc(O)c(C#N)c2)cc1. The topological polar surface area (TPSA) is 49.0 Å². The summed E-state index contributed by atoms with van der Waals surface area (Å²) in [5.41, 5.74) is 5.95. The number of para-hydroxylation sites is 1. The van der Waals surface area contributed by atoms with Gasteiger partial charge in [-0.3, -0.25) is 0 Å². The van der Waals surface area contributed by atoms with Crippen molar-refractivity contribution in [3.05, 3.63) is 89.6 Å². The number of hydrogen-bond donors (Lipinski definition) is 1. The van der Waals surface area contributed by atoms with E-state index < -0.39 is 0 Å². The molecule has 3 nitrogen and oxygen atoms in total. The van der Waals surface area contributed by atoms with E-state index in [1.54, 1.807) is 12.1 Å². The summed E-state index contributed by atoms with van der Waals surface area (Å²) >= 11 is 0. The van der Waals surface area contributed by atoms with Gasteiger partial charge in [-0.25, -0.2) is 0 Å². The Morgan fingerprint density at radius 1 is 0.923 bits per heavy atom. The maximum Gasteiger partial charge on any atom is 0.133 e. The minimum atomic E-state index is 0.0165. The highest BCUT2D eigenvalue weighted by atomic mass is 16.3. The van der Waals surface area contributed by atoms with Crippen LogP contribution in [-0.2, 0) is 6.54 Å². The van der Waals surface area contributed by atoms with Gasteiger partial charge in [-0.15, -0.1) is 0 Å². The average molecular weight is 338 g/mol. The summed E-state index contributed by atoms with van der Waals surface area (Å²) in [5, 5.41) is 20.0. The highest BCUT2D eigenvalue weighted by molar-refractivity contribution is 5.81. The van der Waals surface area contributed by atoms with E-state index in [2.05, 4.69) is 66.1 Å². The Morgan fingerprint density at radius 2 is 1.65 bits per heavy atom. The summed E-state index contributed by atoms with van der Waals surface area (Å²) in [6.07, 6.45) is 0. The van der Waals surface area contributed by atoms with Gasteiger partial charge in [-0.1, -0.05) is 48.5 Å². The molecule has 1 aromatic heterocycles. The Labute approximate surface area is 152 Å². The molecule has 0 bridgehead atoms. The molecule has 3 heteroatoms. The molecule has 4 rings (SSSR count). The van der Waals surface area contributed by atoms with Crippen LogP contribution < -0.4 is 0 Å². The molecule has 0 radical (unpaired) electrons. The zero-order chi connectivity index (χ0) is 18.1. The molecule has 3 aromatic carbocycles. The number of aryl methyl sites for hydroxylation is 1. The van der Waals surface area contributed by atoms with Crippen LogP contribution in [0.15, 0.2) is 72.8 Å². The fourth-order valence-corrected chi connectivity index (χ4v) is 3.35. The van der Waals surface area contributed by atoms with E-state index in [-0.39, 0.29) is 5.75 Å². The van der Waals surface area contributed by atoms with Gasteiger partial charge in [0.25, 0.3) is 0 Å². The smallest absolute Gasteiger partial charge is 0.133 e. The first-order valence-electron chi connectivity index (χ1n) is 8.53. The van der Waals surface area contributed by atoms with E-state index in [4.69, 9.17) is 5.26 Å². The lowest BCUT2D eigenvalue weighted by Gasteiger charge is -2.10. The van der Waals surface area contributed by atoms with Gasteiger partial charge in [-0.05, 0) is 53.3 Å². The van der Waals surface area contributed by atoms with Gasteiger partial charge >= 0.3 is 0 Å². The van der Waals surface area contributed by atoms with Crippen LogP contribution in [0.25, 0.3) is 22.0 Å². The first-order chi connectivity index (χ1) is 12.7. The third-order valence-electron chi connectivity index (χ3n) is 4.76. The second-order valence-electron chi connectivity index (χ2n) is 6.47. The normalized spacial score (nSPS) is 10.8. The largest absolute Gasteiger partial charge is 0.507 e. The molecule has 0 unspecified atom stereocenters. The fourth-order valence-electron chi connectivity index (χ4n) is 3.35. The number of aromatic hydroxyl groups is 1. The van der Waals surface area contributed by atoms with Gasteiger partial charge in [0.2, 0.25) is 0 Å². The predicted octanol–water partition coefficient (Wildman–Crippen LogP) is 5.24. The molecular formula is C23H18N2O. The summed E-state index contributed by atoms with van der Waals surface area (Å²) < 4.78 is 2.32. The molecular weight excluding hydrogens is 320 g/mol.